The Morgan fingerprint density at radius 2 is 2.27 bits per heavy atom. The van der Waals surface area contributed by atoms with Gasteiger partial charge in [0.25, 0.3) is 0 Å². The average Bonchev–Trinajstić information content (AvgIpc) is 2.60. The maximum absolute atomic E-state index is 5.82. The van der Waals surface area contributed by atoms with E-state index >= 15 is 0 Å². The second-order valence-electron chi connectivity index (χ2n) is 4.68. The summed E-state index contributed by atoms with van der Waals surface area (Å²) in [4.78, 5) is 4.49. The molecular formula is C11H20N4. The fraction of sp³-hybridized carbons (Fsp3) is 0.818. The number of hydrogen-bond acceptors (Lipinski definition) is 3. The molecule has 0 spiro atoms. The van der Waals surface area contributed by atoms with Gasteiger partial charge < -0.3 is 5.73 Å². The van der Waals surface area contributed by atoms with Crippen molar-refractivity contribution in [2.45, 2.75) is 45.4 Å². The second-order valence-corrected chi connectivity index (χ2v) is 4.68. The van der Waals surface area contributed by atoms with Gasteiger partial charge in [-0.05, 0) is 31.2 Å². The van der Waals surface area contributed by atoms with E-state index in [1.54, 1.807) is 0 Å². The van der Waals surface area contributed by atoms with Gasteiger partial charge in [-0.2, -0.15) is 5.10 Å². The second kappa shape index (κ2) is 4.31. The number of rotatable bonds is 5. The van der Waals surface area contributed by atoms with Gasteiger partial charge in [-0.3, -0.25) is 5.10 Å². The number of nitrogens with two attached hydrogens (primary N) is 1. The van der Waals surface area contributed by atoms with Gasteiger partial charge in [0, 0.05) is 12.8 Å². The van der Waals surface area contributed by atoms with E-state index in [0.29, 0.717) is 5.41 Å². The van der Waals surface area contributed by atoms with E-state index < -0.39 is 0 Å². The van der Waals surface area contributed by atoms with Gasteiger partial charge in [-0.25, -0.2) is 4.98 Å². The summed E-state index contributed by atoms with van der Waals surface area (Å²) in [5.41, 5.74) is 6.14. The third kappa shape index (κ3) is 2.20. The van der Waals surface area contributed by atoms with Gasteiger partial charge in [0.1, 0.15) is 5.82 Å². The van der Waals surface area contributed by atoms with Crippen LogP contribution in [0.3, 0.4) is 0 Å². The van der Waals surface area contributed by atoms with Gasteiger partial charge in [-0.15, -0.1) is 0 Å². The topological polar surface area (TPSA) is 67.6 Å². The maximum atomic E-state index is 5.82. The van der Waals surface area contributed by atoms with E-state index in [9.17, 15) is 0 Å². The third-order valence-electron chi connectivity index (χ3n) is 3.44. The SMILES string of the molecule is CCCc1n[nH]c(CC2(CN)CCC2)n1. The Balaban J connectivity index is 1.97. The van der Waals surface area contributed by atoms with E-state index in [1.807, 2.05) is 0 Å². The largest absolute Gasteiger partial charge is 0.330 e. The molecule has 0 radical (unpaired) electrons. The molecule has 0 aromatic carbocycles. The van der Waals surface area contributed by atoms with E-state index in [1.165, 1.54) is 19.3 Å². The first-order valence-corrected chi connectivity index (χ1v) is 5.88. The molecule has 15 heavy (non-hydrogen) atoms. The minimum atomic E-state index is 0.322. The molecule has 4 heteroatoms. The zero-order chi connectivity index (χ0) is 10.7. The Morgan fingerprint density at radius 3 is 2.80 bits per heavy atom. The molecule has 1 fully saturated rings. The lowest BCUT2D eigenvalue weighted by Gasteiger charge is -2.40. The number of aromatic amines is 1. The van der Waals surface area contributed by atoms with Crippen molar-refractivity contribution in [1.29, 1.82) is 0 Å². The Morgan fingerprint density at radius 1 is 1.47 bits per heavy atom. The quantitative estimate of drug-likeness (QED) is 0.769. The summed E-state index contributed by atoms with van der Waals surface area (Å²) in [5, 5.41) is 7.24. The summed E-state index contributed by atoms with van der Waals surface area (Å²) in [6, 6.07) is 0. The number of aryl methyl sites for hydroxylation is 1. The van der Waals surface area contributed by atoms with Gasteiger partial charge in [0.2, 0.25) is 0 Å². The lowest BCUT2D eigenvalue weighted by molar-refractivity contribution is 0.141. The van der Waals surface area contributed by atoms with Crippen molar-refractivity contribution in [3.63, 3.8) is 0 Å². The van der Waals surface area contributed by atoms with Crippen LogP contribution in [0, 0.1) is 5.41 Å². The summed E-state index contributed by atoms with van der Waals surface area (Å²) in [6.07, 6.45) is 6.83. The van der Waals surface area contributed by atoms with Crippen molar-refractivity contribution in [2.75, 3.05) is 6.54 Å². The van der Waals surface area contributed by atoms with Gasteiger partial charge in [-0.1, -0.05) is 13.3 Å². The normalized spacial score (nSPS) is 18.8. The monoisotopic (exact) mass is 208 g/mol. The first-order chi connectivity index (χ1) is 7.28. The first-order valence-electron chi connectivity index (χ1n) is 5.88. The highest BCUT2D eigenvalue weighted by atomic mass is 15.2. The average molecular weight is 208 g/mol. The molecule has 1 aliphatic rings. The summed E-state index contributed by atoms with van der Waals surface area (Å²) in [6.45, 7) is 2.92. The molecule has 4 nitrogen and oxygen atoms in total. The van der Waals surface area contributed by atoms with Crippen LogP contribution in [0.1, 0.15) is 44.3 Å². The van der Waals surface area contributed by atoms with Crippen molar-refractivity contribution >= 4 is 0 Å². The molecule has 1 aromatic heterocycles. The van der Waals surface area contributed by atoms with Crippen LogP contribution in [-0.2, 0) is 12.8 Å². The maximum Gasteiger partial charge on any atom is 0.150 e. The fourth-order valence-electron chi connectivity index (χ4n) is 2.23. The zero-order valence-corrected chi connectivity index (χ0v) is 9.42. The van der Waals surface area contributed by atoms with E-state index in [0.717, 1.165) is 37.5 Å². The summed E-state index contributed by atoms with van der Waals surface area (Å²) < 4.78 is 0. The molecule has 1 heterocycles. The van der Waals surface area contributed by atoms with E-state index in [4.69, 9.17) is 5.73 Å². The molecule has 2 rings (SSSR count). The first kappa shape index (κ1) is 10.6. The molecule has 0 saturated heterocycles. The van der Waals surface area contributed by atoms with Crippen LogP contribution in [0.4, 0.5) is 0 Å². The lowest BCUT2D eigenvalue weighted by atomic mass is 9.66. The Bertz CT molecular complexity index is 309. The summed E-state index contributed by atoms with van der Waals surface area (Å²) in [5.74, 6) is 1.96. The van der Waals surface area contributed by atoms with Crippen LogP contribution in [0.2, 0.25) is 0 Å². The Kier molecular flexibility index (Phi) is 3.05. The van der Waals surface area contributed by atoms with Gasteiger partial charge in [0.05, 0.1) is 0 Å². The van der Waals surface area contributed by atoms with Crippen LogP contribution < -0.4 is 5.73 Å². The highest BCUT2D eigenvalue weighted by Crippen LogP contribution is 2.42. The minimum Gasteiger partial charge on any atom is -0.330 e. The van der Waals surface area contributed by atoms with Gasteiger partial charge in [0.15, 0.2) is 5.82 Å². The Labute approximate surface area is 90.7 Å². The fourth-order valence-corrected chi connectivity index (χ4v) is 2.23. The van der Waals surface area contributed by atoms with Crippen LogP contribution in [-0.4, -0.2) is 21.7 Å². The molecule has 84 valence electrons. The van der Waals surface area contributed by atoms with E-state index in [-0.39, 0.29) is 0 Å². The summed E-state index contributed by atoms with van der Waals surface area (Å²) in [7, 11) is 0. The molecule has 0 unspecified atom stereocenters. The van der Waals surface area contributed by atoms with Crippen LogP contribution >= 0.6 is 0 Å². The highest BCUT2D eigenvalue weighted by Gasteiger charge is 2.36. The molecule has 0 aliphatic heterocycles. The van der Waals surface area contributed by atoms with Crippen molar-refractivity contribution in [2.24, 2.45) is 11.1 Å². The molecular weight excluding hydrogens is 188 g/mol. The highest BCUT2D eigenvalue weighted by molar-refractivity contribution is 5.00. The van der Waals surface area contributed by atoms with E-state index in [2.05, 4.69) is 22.1 Å². The molecule has 0 atom stereocenters. The number of H-pyrrole nitrogens is 1. The van der Waals surface area contributed by atoms with Crippen molar-refractivity contribution in [1.82, 2.24) is 15.2 Å². The summed E-state index contributed by atoms with van der Waals surface area (Å²) >= 11 is 0. The number of nitrogens with one attached hydrogen (secondary N) is 1. The van der Waals surface area contributed by atoms with Crippen molar-refractivity contribution < 1.29 is 0 Å². The molecule has 1 aliphatic carbocycles. The Hall–Kier alpha value is -0.900. The smallest absolute Gasteiger partial charge is 0.150 e. The van der Waals surface area contributed by atoms with Crippen molar-refractivity contribution in [3.8, 4) is 0 Å². The molecule has 0 bridgehead atoms. The third-order valence-corrected chi connectivity index (χ3v) is 3.44. The lowest BCUT2D eigenvalue weighted by Crippen LogP contribution is -2.39. The van der Waals surface area contributed by atoms with Crippen LogP contribution in [0.25, 0.3) is 0 Å². The molecule has 0 amide bonds. The molecule has 1 aromatic rings. The van der Waals surface area contributed by atoms with Gasteiger partial charge >= 0.3 is 0 Å². The number of aromatic nitrogens is 3. The van der Waals surface area contributed by atoms with Crippen molar-refractivity contribution in [3.05, 3.63) is 11.6 Å². The van der Waals surface area contributed by atoms with Crippen LogP contribution in [0.15, 0.2) is 0 Å². The molecule has 3 N–H and O–H groups in total. The van der Waals surface area contributed by atoms with Crippen LogP contribution in [0.5, 0.6) is 0 Å². The standard InChI is InChI=1S/C11H20N4/c1-2-4-9-13-10(15-14-9)7-11(8-12)5-3-6-11/h2-8,12H2,1H3,(H,13,14,15). The number of hydrogen-bond donors (Lipinski definition) is 2. The predicted molar refractivity (Wildman–Crippen MR) is 59.4 cm³/mol. The predicted octanol–water partition coefficient (Wildman–Crippen LogP) is 1.43. The minimum absolute atomic E-state index is 0.322. The number of nitrogens with zero attached hydrogens (tertiary/aromatic N) is 2. The zero-order valence-electron chi connectivity index (χ0n) is 9.42. The molecule has 1 saturated carbocycles.